The fraction of sp³-hybridized carbons (Fsp3) is 0.842. The van der Waals surface area contributed by atoms with E-state index in [1.165, 1.54) is 0 Å². The molecule has 3 aliphatic rings. The molecule has 0 spiro atoms. The number of allylic oxidation sites excluding steroid dienone is 1. The quantitative estimate of drug-likeness (QED) is 0.270. The second kappa shape index (κ2) is 9.12. The number of aliphatic hydroxyl groups excluding tert-OH is 1. The summed E-state index contributed by atoms with van der Waals surface area (Å²) in [6, 6.07) is 0. The molecular weight excluding hydrogens is 324 g/mol. The minimum atomic E-state index is -1.37. The Labute approximate surface area is 150 Å². The van der Waals surface area contributed by atoms with Crippen LogP contribution in [-0.4, -0.2) is 48.6 Å². The van der Waals surface area contributed by atoms with Crippen molar-refractivity contribution in [3.8, 4) is 0 Å². The van der Waals surface area contributed by atoms with Gasteiger partial charge in [-0.2, -0.15) is 0 Å². The van der Waals surface area contributed by atoms with Crippen LogP contribution in [0.2, 0.25) is 0 Å². The molecule has 6 nitrogen and oxygen atoms in total. The largest absolute Gasteiger partial charge is 0.465 e. The average molecular weight is 356 g/mol. The molecule has 25 heavy (non-hydrogen) atoms. The maximum atomic E-state index is 11.8. The van der Waals surface area contributed by atoms with Crippen LogP contribution in [0.15, 0.2) is 12.2 Å². The van der Waals surface area contributed by atoms with Crippen molar-refractivity contribution < 1.29 is 29.2 Å². The first-order valence-corrected chi connectivity index (χ1v) is 9.28. The summed E-state index contributed by atoms with van der Waals surface area (Å²) >= 11 is 0. The number of rotatable bonds is 10. The average Bonchev–Trinajstić information content (AvgIpc) is 2.61. The molecule has 144 valence electrons. The predicted molar refractivity (Wildman–Crippen MR) is 92.4 cm³/mol. The van der Waals surface area contributed by atoms with Crippen LogP contribution in [0.5, 0.6) is 0 Å². The third-order valence-corrected chi connectivity index (χ3v) is 5.53. The van der Waals surface area contributed by atoms with Gasteiger partial charge in [0.1, 0.15) is 6.79 Å². The highest BCUT2D eigenvalue weighted by Crippen LogP contribution is 2.43. The molecule has 1 saturated carbocycles. The number of aliphatic hydroxyl groups is 2. The predicted octanol–water partition coefficient (Wildman–Crippen LogP) is 2.24. The Morgan fingerprint density at radius 3 is 2.48 bits per heavy atom. The standard InChI is InChI=1S/C19H32O6/c1-4-19(2,3)18(22)24-11-5-10-23-12-25-16-14-8-6-13(7-9-14)15(16)17(20)21/h6,8,13-17,20-21H,4-5,7,9-12H2,1-3H3. The zero-order valence-corrected chi connectivity index (χ0v) is 15.5. The molecule has 4 atom stereocenters. The summed E-state index contributed by atoms with van der Waals surface area (Å²) in [6.07, 6.45) is 5.94. The number of hydrogen-bond acceptors (Lipinski definition) is 6. The minimum Gasteiger partial charge on any atom is -0.465 e. The van der Waals surface area contributed by atoms with E-state index in [-0.39, 0.29) is 36.6 Å². The van der Waals surface area contributed by atoms with Gasteiger partial charge in [0.15, 0.2) is 6.29 Å². The van der Waals surface area contributed by atoms with Crippen molar-refractivity contribution in [2.24, 2.45) is 23.2 Å². The van der Waals surface area contributed by atoms with E-state index < -0.39 is 11.7 Å². The Balaban J connectivity index is 1.62. The third-order valence-electron chi connectivity index (χ3n) is 5.53. The molecule has 2 N–H and O–H groups in total. The van der Waals surface area contributed by atoms with E-state index in [1.54, 1.807) is 0 Å². The van der Waals surface area contributed by atoms with E-state index in [9.17, 15) is 15.0 Å². The molecule has 6 heteroatoms. The molecule has 0 aromatic heterocycles. The van der Waals surface area contributed by atoms with Crippen LogP contribution in [0.25, 0.3) is 0 Å². The lowest BCUT2D eigenvalue weighted by Crippen LogP contribution is -2.48. The monoisotopic (exact) mass is 356 g/mol. The first kappa shape index (κ1) is 20.4. The summed E-state index contributed by atoms with van der Waals surface area (Å²) in [5.74, 6) is -0.0883. The molecule has 0 heterocycles. The summed E-state index contributed by atoms with van der Waals surface area (Å²) in [6.45, 7) is 6.58. The van der Waals surface area contributed by atoms with Crippen molar-refractivity contribution in [3.05, 3.63) is 12.2 Å². The topological polar surface area (TPSA) is 85.2 Å². The van der Waals surface area contributed by atoms with Gasteiger partial charge in [-0.05, 0) is 39.0 Å². The molecule has 3 aliphatic carbocycles. The van der Waals surface area contributed by atoms with Gasteiger partial charge in [-0.3, -0.25) is 4.79 Å². The van der Waals surface area contributed by atoms with E-state index >= 15 is 0 Å². The molecule has 4 unspecified atom stereocenters. The number of carbonyl (C=O) groups is 1. The van der Waals surface area contributed by atoms with Gasteiger partial charge in [-0.25, -0.2) is 0 Å². The summed E-state index contributed by atoms with van der Waals surface area (Å²) < 4.78 is 16.5. The highest BCUT2D eigenvalue weighted by atomic mass is 16.7. The van der Waals surface area contributed by atoms with Gasteiger partial charge in [-0.15, -0.1) is 0 Å². The zero-order valence-electron chi connectivity index (χ0n) is 15.5. The zero-order chi connectivity index (χ0) is 18.4. The first-order chi connectivity index (χ1) is 11.9. The van der Waals surface area contributed by atoms with Crippen molar-refractivity contribution in [1.82, 2.24) is 0 Å². The van der Waals surface area contributed by atoms with Crippen molar-refractivity contribution in [2.75, 3.05) is 20.0 Å². The highest BCUT2D eigenvalue weighted by molar-refractivity contribution is 5.75. The van der Waals surface area contributed by atoms with Crippen LogP contribution in [-0.2, 0) is 19.0 Å². The summed E-state index contributed by atoms with van der Waals surface area (Å²) in [5.41, 5.74) is -0.447. The van der Waals surface area contributed by atoms with Gasteiger partial charge in [0, 0.05) is 18.3 Å². The number of carbonyl (C=O) groups excluding carboxylic acids is 1. The van der Waals surface area contributed by atoms with Crippen LogP contribution in [0, 0.1) is 23.2 Å². The summed E-state index contributed by atoms with van der Waals surface area (Å²) in [7, 11) is 0. The van der Waals surface area contributed by atoms with Crippen molar-refractivity contribution >= 4 is 5.97 Å². The van der Waals surface area contributed by atoms with Gasteiger partial charge < -0.3 is 24.4 Å². The second-order valence-corrected chi connectivity index (χ2v) is 7.67. The molecule has 0 saturated heterocycles. The fourth-order valence-corrected chi connectivity index (χ4v) is 3.46. The molecule has 0 aliphatic heterocycles. The molecular formula is C19H32O6. The van der Waals surface area contributed by atoms with E-state index in [0.29, 0.717) is 19.6 Å². The lowest BCUT2D eigenvalue weighted by molar-refractivity contribution is -0.197. The third kappa shape index (κ3) is 5.26. The second-order valence-electron chi connectivity index (χ2n) is 7.67. The molecule has 2 bridgehead atoms. The van der Waals surface area contributed by atoms with E-state index in [2.05, 4.69) is 12.2 Å². The molecule has 3 rings (SSSR count). The van der Waals surface area contributed by atoms with Gasteiger partial charge in [0.25, 0.3) is 0 Å². The van der Waals surface area contributed by atoms with E-state index in [0.717, 1.165) is 19.3 Å². The Bertz CT molecular complexity index is 459. The molecule has 0 radical (unpaired) electrons. The van der Waals surface area contributed by atoms with Crippen molar-refractivity contribution in [3.63, 3.8) is 0 Å². The SMILES string of the molecule is CCC(C)(C)C(=O)OCCCOCOC1C2C=CC(CC2)C1C(O)O. The first-order valence-electron chi connectivity index (χ1n) is 9.28. The van der Waals surface area contributed by atoms with Gasteiger partial charge >= 0.3 is 5.97 Å². The summed E-state index contributed by atoms with van der Waals surface area (Å²) in [5, 5.41) is 19.3. The normalized spacial score (nSPS) is 28.6. The Hall–Kier alpha value is -0.950. The maximum Gasteiger partial charge on any atom is 0.311 e. The summed E-state index contributed by atoms with van der Waals surface area (Å²) in [4.78, 5) is 11.8. The van der Waals surface area contributed by atoms with E-state index in [4.69, 9.17) is 14.2 Å². The van der Waals surface area contributed by atoms with Crippen molar-refractivity contribution in [2.45, 2.75) is 58.8 Å². The highest BCUT2D eigenvalue weighted by Gasteiger charge is 2.44. The molecule has 0 aromatic carbocycles. The van der Waals surface area contributed by atoms with Gasteiger partial charge in [0.05, 0.1) is 24.7 Å². The van der Waals surface area contributed by atoms with Crippen molar-refractivity contribution in [1.29, 1.82) is 0 Å². The maximum absolute atomic E-state index is 11.8. The molecule has 0 amide bonds. The van der Waals surface area contributed by atoms with Crippen LogP contribution in [0.3, 0.4) is 0 Å². The number of fused-ring (bicyclic) bond motifs is 2. The molecule has 0 aromatic rings. The minimum absolute atomic E-state index is 0.110. The van der Waals surface area contributed by atoms with Crippen LogP contribution in [0.1, 0.15) is 46.5 Å². The van der Waals surface area contributed by atoms with Gasteiger partial charge in [0.2, 0.25) is 0 Å². The Kier molecular flexibility index (Phi) is 7.43. The number of ether oxygens (including phenoxy) is 3. The van der Waals surface area contributed by atoms with Crippen LogP contribution < -0.4 is 0 Å². The lowest BCUT2D eigenvalue weighted by atomic mass is 9.67. The van der Waals surface area contributed by atoms with E-state index in [1.807, 2.05) is 20.8 Å². The van der Waals surface area contributed by atoms with Crippen LogP contribution >= 0.6 is 0 Å². The smallest absolute Gasteiger partial charge is 0.311 e. The fourth-order valence-electron chi connectivity index (χ4n) is 3.46. The number of esters is 1. The van der Waals surface area contributed by atoms with Crippen LogP contribution in [0.4, 0.5) is 0 Å². The van der Waals surface area contributed by atoms with Gasteiger partial charge in [-0.1, -0.05) is 19.1 Å². The molecule has 1 fully saturated rings. The lowest BCUT2D eigenvalue weighted by Gasteiger charge is -2.45. The Morgan fingerprint density at radius 1 is 1.20 bits per heavy atom. The number of hydrogen-bond donors (Lipinski definition) is 2. The Morgan fingerprint density at radius 2 is 1.88 bits per heavy atom.